The van der Waals surface area contributed by atoms with Crippen LogP contribution in [-0.4, -0.2) is 39.3 Å². The average molecular weight is 353 g/mol. The topological polar surface area (TPSA) is 149 Å². The molecular formula is C16H20FN3O5. The zero-order valence-electron chi connectivity index (χ0n) is 13.6. The number of carboxylic acids is 1. The molecule has 0 aliphatic carbocycles. The Hall–Kier alpha value is -2.78. The molecule has 1 aromatic carbocycles. The van der Waals surface area contributed by atoms with E-state index < -0.39 is 22.9 Å². The largest absolute Gasteiger partial charge is 0.477 e. The first-order valence-electron chi connectivity index (χ1n) is 7.44. The number of benzene rings is 1. The molecule has 0 amide bonds. The van der Waals surface area contributed by atoms with E-state index in [1.165, 1.54) is 6.07 Å². The van der Waals surface area contributed by atoms with E-state index >= 15 is 0 Å². The maximum Gasteiger partial charge on any atom is 0.352 e. The number of hydrogen-bond acceptors (Lipinski definition) is 5. The molecule has 0 aliphatic heterocycles. The van der Waals surface area contributed by atoms with Crippen LogP contribution < -0.4 is 17.0 Å². The first-order valence-corrected chi connectivity index (χ1v) is 7.44. The molecule has 25 heavy (non-hydrogen) atoms. The number of rotatable bonds is 5. The lowest BCUT2D eigenvalue weighted by Gasteiger charge is -2.06. The summed E-state index contributed by atoms with van der Waals surface area (Å²) in [5, 5.41) is 16.8. The minimum absolute atomic E-state index is 0.0101. The van der Waals surface area contributed by atoms with Crippen molar-refractivity contribution in [2.24, 2.45) is 5.73 Å². The second kappa shape index (κ2) is 9.50. The summed E-state index contributed by atoms with van der Waals surface area (Å²) in [4.78, 5) is 38.0. The predicted molar refractivity (Wildman–Crippen MR) is 89.3 cm³/mol. The number of nitrogens with one attached hydrogen (secondary N) is 2. The van der Waals surface area contributed by atoms with E-state index in [9.17, 15) is 18.8 Å². The first kappa shape index (κ1) is 20.3. The van der Waals surface area contributed by atoms with Crippen molar-refractivity contribution in [1.82, 2.24) is 9.97 Å². The third-order valence-corrected chi connectivity index (χ3v) is 3.27. The summed E-state index contributed by atoms with van der Waals surface area (Å²) >= 11 is 0. The number of carboxylic acid groups (broad SMARTS) is 1. The standard InChI is InChI=1S/C14H13FN2O4.C2H7NO/c1-7-6-8(3-5-10(7)15)2-4-9-11(13(19)20)16-14(21)17-12(9)18;3-1-2-4/h3,5-6H,2,4H2,1H3,(H,19,20)(H2,16,17,18,21);4H,1-3H2. The Morgan fingerprint density at radius 1 is 1.24 bits per heavy atom. The van der Waals surface area contributed by atoms with Crippen molar-refractivity contribution in [3.8, 4) is 0 Å². The van der Waals surface area contributed by atoms with Gasteiger partial charge in [0.2, 0.25) is 0 Å². The molecule has 2 rings (SSSR count). The van der Waals surface area contributed by atoms with Crippen LogP contribution in [0, 0.1) is 12.7 Å². The van der Waals surface area contributed by atoms with Crippen LogP contribution >= 0.6 is 0 Å². The number of aryl methyl sites for hydroxylation is 2. The van der Waals surface area contributed by atoms with Crippen LogP contribution in [0.15, 0.2) is 27.8 Å². The van der Waals surface area contributed by atoms with Gasteiger partial charge in [0, 0.05) is 12.1 Å². The molecule has 0 aliphatic rings. The first-order chi connectivity index (χ1) is 11.8. The molecule has 2 aromatic rings. The van der Waals surface area contributed by atoms with E-state index in [1.807, 2.05) is 4.98 Å². The van der Waals surface area contributed by atoms with Crippen LogP contribution in [-0.2, 0) is 12.8 Å². The van der Waals surface area contributed by atoms with Crippen LogP contribution in [0.4, 0.5) is 4.39 Å². The van der Waals surface area contributed by atoms with Crippen LogP contribution in [0.2, 0.25) is 0 Å². The number of carbonyl (C=O) groups is 1. The number of aliphatic hydroxyl groups excluding tert-OH is 1. The Morgan fingerprint density at radius 3 is 2.40 bits per heavy atom. The van der Waals surface area contributed by atoms with Gasteiger partial charge in [-0.3, -0.25) is 9.78 Å². The molecule has 6 N–H and O–H groups in total. The fourth-order valence-corrected chi connectivity index (χ4v) is 2.07. The molecule has 8 nitrogen and oxygen atoms in total. The van der Waals surface area contributed by atoms with Gasteiger partial charge < -0.3 is 20.9 Å². The molecule has 0 saturated carbocycles. The SMILES string of the molecule is Cc1cc(CCc2c(C(=O)O)[nH]c(=O)[nH]c2=O)ccc1F.NCCO. The fraction of sp³-hybridized carbons (Fsp3) is 0.312. The van der Waals surface area contributed by atoms with E-state index in [2.05, 4.69) is 4.98 Å². The smallest absolute Gasteiger partial charge is 0.352 e. The Morgan fingerprint density at radius 2 is 1.88 bits per heavy atom. The average Bonchev–Trinajstić information content (AvgIpc) is 2.56. The van der Waals surface area contributed by atoms with Crippen molar-refractivity contribution < 1.29 is 19.4 Å². The van der Waals surface area contributed by atoms with Gasteiger partial charge in [-0.1, -0.05) is 12.1 Å². The molecular weight excluding hydrogens is 333 g/mol. The lowest BCUT2D eigenvalue weighted by molar-refractivity contribution is 0.0688. The quantitative estimate of drug-likeness (QED) is 0.508. The van der Waals surface area contributed by atoms with Gasteiger partial charge in [0.1, 0.15) is 11.5 Å². The summed E-state index contributed by atoms with van der Waals surface area (Å²) in [6, 6.07) is 4.53. The molecule has 0 radical (unpaired) electrons. The van der Waals surface area contributed by atoms with Crippen molar-refractivity contribution in [3.63, 3.8) is 0 Å². The number of aliphatic hydroxyl groups is 1. The highest BCUT2D eigenvalue weighted by atomic mass is 19.1. The number of aromatic carboxylic acids is 1. The maximum atomic E-state index is 13.2. The summed E-state index contributed by atoms with van der Waals surface area (Å²) in [6.07, 6.45) is 0.481. The van der Waals surface area contributed by atoms with Crippen molar-refractivity contribution in [2.45, 2.75) is 19.8 Å². The minimum atomic E-state index is -1.37. The zero-order valence-corrected chi connectivity index (χ0v) is 13.6. The number of hydrogen-bond donors (Lipinski definition) is 5. The third kappa shape index (κ3) is 5.98. The second-order valence-electron chi connectivity index (χ2n) is 5.16. The number of aromatic amines is 2. The van der Waals surface area contributed by atoms with Gasteiger partial charge in [-0.2, -0.15) is 0 Å². The molecule has 9 heteroatoms. The molecule has 0 bridgehead atoms. The monoisotopic (exact) mass is 353 g/mol. The van der Waals surface area contributed by atoms with Crippen molar-refractivity contribution >= 4 is 5.97 Å². The molecule has 0 spiro atoms. The van der Waals surface area contributed by atoms with Crippen molar-refractivity contribution in [3.05, 3.63) is 67.2 Å². The molecule has 136 valence electrons. The summed E-state index contributed by atoms with van der Waals surface area (Å²) in [7, 11) is 0. The van der Waals surface area contributed by atoms with Gasteiger partial charge in [0.15, 0.2) is 0 Å². The number of H-pyrrole nitrogens is 2. The van der Waals surface area contributed by atoms with E-state index in [0.717, 1.165) is 5.56 Å². The fourth-order valence-electron chi connectivity index (χ4n) is 2.07. The molecule has 1 heterocycles. The van der Waals surface area contributed by atoms with Crippen LogP contribution in [0.25, 0.3) is 0 Å². The van der Waals surface area contributed by atoms with E-state index in [0.29, 0.717) is 18.5 Å². The number of halogens is 1. The normalized spacial score (nSPS) is 10.1. The highest BCUT2D eigenvalue weighted by Gasteiger charge is 2.15. The molecule has 0 atom stereocenters. The van der Waals surface area contributed by atoms with Crippen molar-refractivity contribution in [2.75, 3.05) is 13.2 Å². The van der Waals surface area contributed by atoms with E-state index in [-0.39, 0.29) is 24.4 Å². The Kier molecular flexibility index (Phi) is 7.70. The second-order valence-corrected chi connectivity index (χ2v) is 5.16. The summed E-state index contributed by atoms with van der Waals surface area (Å²) in [5.41, 5.74) is 4.01. The Bertz CT molecular complexity index is 842. The van der Waals surface area contributed by atoms with Gasteiger partial charge in [-0.25, -0.2) is 14.0 Å². The summed E-state index contributed by atoms with van der Waals surface area (Å²) < 4.78 is 13.2. The highest BCUT2D eigenvalue weighted by Crippen LogP contribution is 2.12. The number of aromatic nitrogens is 2. The lowest BCUT2D eigenvalue weighted by atomic mass is 10.0. The molecule has 0 fully saturated rings. The van der Waals surface area contributed by atoms with Gasteiger partial charge in [0.25, 0.3) is 5.56 Å². The third-order valence-electron chi connectivity index (χ3n) is 3.27. The van der Waals surface area contributed by atoms with Gasteiger partial charge >= 0.3 is 11.7 Å². The predicted octanol–water partition coefficient (Wildman–Crippen LogP) is -0.0685. The summed E-state index contributed by atoms with van der Waals surface area (Å²) in [5.74, 6) is -1.70. The highest BCUT2D eigenvalue weighted by molar-refractivity contribution is 5.86. The van der Waals surface area contributed by atoms with Crippen LogP contribution in [0.5, 0.6) is 0 Å². The molecule has 1 aromatic heterocycles. The van der Waals surface area contributed by atoms with Crippen LogP contribution in [0.1, 0.15) is 27.2 Å². The van der Waals surface area contributed by atoms with Crippen molar-refractivity contribution in [1.29, 1.82) is 0 Å². The molecule has 0 saturated heterocycles. The van der Waals surface area contributed by atoms with Gasteiger partial charge in [-0.15, -0.1) is 0 Å². The Balaban J connectivity index is 0.000000705. The van der Waals surface area contributed by atoms with Crippen LogP contribution in [0.3, 0.4) is 0 Å². The van der Waals surface area contributed by atoms with E-state index in [1.54, 1.807) is 19.1 Å². The number of nitrogens with two attached hydrogens (primary N) is 1. The summed E-state index contributed by atoms with van der Waals surface area (Å²) in [6.45, 7) is 2.09. The lowest BCUT2D eigenvalue weighted by Crippen LogP contribution is -2.30. The molecule has 0 unspecified atom stereocenters. The maximum absolute atomic E-state index is 13.2. The minimum Gasteiger partial charge on any atom is -0.477 e. The zero-order chi connectivity index (χ0) is 19.0. The Labute approximate surface area is 142 Å². The van der Waals surface area contributed by atoms with Gasteiger partial charge in [-0.05, 0) is 37.0 Å². The van der Waals surface area contributed by atoms with Gasteiger partial charge in [0.05, 0.1) is 6.61 Å². The van der Waals surface area contributed by atoms with E-state index in [4.69, 9.17) is 15.9 Å².